The molecule has 0 bridgehead atoms. The molecule has 1 aliphatic rings. The van der Waals surface area contributed by atoms with Gasteiger partial charge in [-0.3, -0.25) is 4.79 Å². The largest absolute Gasteiger partial charge is 0.356 e. The zero-order chi connectivity index (χ0) is 22.5. The molecule has 1 saturated heterocycles. The van der Waals surface area contributed by atoms with Gasteiger partial charge >= 0.3 is 0 Å². The molecule has 0 aliphatic carbocycles. The van der Waals surface area contributed by atoms with Gasteiger partial charge in [0.1, 0.15) is 5.82 Å². The second-order valence-corrected chi connectivity index (χ2v) is 9.44. The van der Waals surface area contributed by atoms with Crippen LogP contribution in [0.15, 0.2) is 54.7 Å². The number of benzene rings is 2. The molecular weight excluding hydrogens is 401 g/mol. The fourth-order valence-electron chi connectivity index (χ4n) is 4.55. The standard InChI is InChI=1S/C27H34FN3O/c1-20(2)19-29-27(32)18-22-3-6-23-10-16-31(26(23)17-22)25-11-14-30(15-12-25)13-9-21-4-7-24(28)8-5-21/h3-8,10,16-17,20,25H,9,11-15,18-19H2,1-2H3,(H,29,32). The van der Waals surface area contributed by atoms with Gasteiger partial charge in [0.15, 0.2) is 0 Å². The molecule has 4 rings (SSSR count). The number of hydrogen-bond acceptors (Lipinski definition) is 2. The Kier molecular flexibility index (Phi) is 7.26. The van der Waals surface area contributed by atoms with Gasteiger partial charge in [0.2, 0.25) is 5.91 Å². The summed E-state index contributed by atoms with van der Waals surface area (Å²) in [6.07, 6.45) is 5.82. The fourth-order valence-corrected chi connectivity index (χ4v) is 4.55. The van der Waals surface area contributed by atoms with Crippen LogP contribution in [0.25, 0.3) is 10.9 Å². The summed E-state index contributed by atoms with van der Waals surface area (Å²) in [5, 5.41) is 4.24. The molecule has 1 aliphatic heterocycles. The van der Waals surface area contributed by atoms with Gasteiger partial charge in [0.25, 0.3) is 0 Å². The van der Waals surface area contributed by atoms with Gasteiger partial charge < -0.3 is 14.8 Å². The smallest absolute Gasteiger partial charge is 0.224 e. The molecule has 32 heavy (non-hydrogen) atoms. The number of hydrogen-bond donors (Lipinski definition) is 1. The van der Waals surface area contributed by atoms with Crippen LogP contribution >= 0.6 is 0 Å². The van der Waals surface area contributed by atoms with E-state index < -0.39 is 0 Å². The van der Waals surface area contributed by atoms with E-state index in [1.165, 1.54) is 16.5 Å². The second kappa shape index (κ2) is 10.3. The quantitative estimate of drug-likeness (QED) is 0.542. The minimum atomic E-state index is -0.173. The van der Waals surface area contributed by atoms with E-state index >= 15 is 0 Å². The third-order valence-corrected chi connectivity index (χ3v) is 6.44. The van der Waals surface area contributed by atoms with Gasteiger partial charge in [-0.15, -0.1) is 0 Å². The Bertz CT molecular complexity index is 1030. The topological polar surface area (TPSA) is 37.3 Å². The number of carbonyl (C=O) groups excluding carboxylic acids is 1. The van der Waals surface area contributed by atoms with Crippen molar-refractivity contribution < 1.29 is 9.18 Å². The van der Waals surface area contributed by atoms with Gasteiger partial charge in [-0.2, -0.15) is 0 Å². The number of piperidine rings is 1. The fraction of sp³-hybridized carbons (Fsp3) is 0.444. The van der Waals surface area contributed by atoms with Gasteiger partial charge in [-0.25, -0.2) is 4.39 Å². The Morgan fingerprint density at radius 3 is 2.50 bits per heavy atom. The Balaban J connectivity index is 1.34. The molecule has 0 radical (unpaired) electrons. The van der Waals surface area contributed by atoms with Crippen LogP contribution in [-0.4, -0.2) is 41.6 Å². The summed E-state index contributed by atoms with van der Waals surface area (Å²) >= 11 is 0. The molecular formula is C27H34FN3O. The van der Waals surface area contributed by atoms with E-state index in [9.17, 15) is 9.18 Å². The van der Waals surface area contributed by atoms with E-state index in [4.69, 9.17) is 0 Å². The van der Waals surface area contributed by atoms with Crippen molar-refractivity contribution in [2.24, 2.45) is 5.92 Å². The van der Waals surface area contributed by atoms with E-state index in [1.807, 2.05) is 12.1 Å². The number of rotatable bonds is 8. The molecule has 1 aromatic heterocycles. The minimum Gasteiger partial charge on any atom is -0.356 e. The first-order chi connectivity index (χ1) is 15.5. The number of nitrogens with zero attached hydrogens (tertiary/aromatic N) is 2. The Hall–Kier alpha value is -2.66. The highest BCUT2D eigenvalue weighted by molar-refractivity contribution is 5.84. The maximum absolute atomic E-state index is 13.1. The lowest BCUT2D eigenvalue weighted by Crippen LogP contribution is -2.35. The van der Waals surface area contributed by atoms with Gasteiger partial charge in [-0.1, -0.05) is 38.1 Å². The van der Waals surface area contributed by atoms with Crippen molar-refractivity contribution >= 4 is 16.8 Å². The third kappa shape index (κ3) is 5.77. The first-order valence-corrected chi connectivity index (χ1v) is 11.8. The predicted octanol–water partition coefficient (Wildman–Crippen LogP) is 4.97. The number of halogens is 1. The van der Waals surface area contributed by atoms with E-state index in [0.717, 1.165) is 51.0 Å². The number of carbonyl (C=O) groups is 1. The zero-order valence-electron chi connectivity index (χ0n) is 19.2. The molecule has 0 saturated carbocycles. The first kappa shape index (κ1) is 22.5. The predicted molar refractivity (Wildman–Crippen MR) is 128 cm³/mol. The van der Waals surface area contributed by atoms with Crippen LogP contribution < -0.4 is 5.32 Å². The van der Waals surface area contributed by atoms with Crippen LogP contribution in [-0.2, 0) is 17.6 Å². The van der Waals surface area contributed by atoms with Gasteiger partial charge in [-0.05, 0) is 66.0 Å². The Morgan fingerprint density at radius 2 is 1.78 bits per heavy atom. The summed E-state index contributed by atoms with van der Waals surface area (Å²) in [6.45, 7) is 8.09. The number of aromatic nitrogens is 1. The maximum Gasteiger partial charge on any atom is 0.224 e. The molecule has 1 amide bonds. The average molecular weight is 436 g/mol. The van der Waals surface area contributed by atoms with Crippen LogP contribution in [0.3, 0.4) is 0 Å². The monoisotopic (exact) mass is 435 g/mol. The Labute approximate surface area is 190 Å². The van der Waals surface area contributed by atoms with Crippen molar-refractivity contribution in [3.05, 3.63) is 71.7 Å². The number of likely N-dealkylation sites (tertiary alicyclic amines) is 1. The molecule has 170 valence electrons. The van der Waals surface area contributed by atoms with E-state index in [1.54, 1.807) is 12.1 Å². The average Bonchev–Trinajstić information content (AvgIpc) is 3.21. The van der Waals surface area contributed by atoms with E-state index in [2.05, 4.69) is 59.1 Å². The molecule has 0 atom stereocenters. The normalized spacial score (nSPS) is 15.5. The van der Waals surface area contributed by atoms with Gasteiger partial charge in [0, 0.05) is 43.9 Å². The summed E-state index contributed by atoms with van der Waals surface area (Å²) in [4.78, 5) is 14.8. The van der Waals surface area contributed by atoms with Crippen LogP contribution in [0.1, 0.15) is 43.9 Å². The van der Waals surface area contributed by atoms with Crippen LogP contribution in [0, 0.1) is 11.7 Å². The lowest BCUT2D eigenvalue weighted by atomic mass is 10.0. The Morgan fingerprint density at radius 1 is 1.06 bits per heavy atom. The summed E-state index contributed by atoms with van der Waals surface area (Å²) in [5.74, 6) is 0.374. The SMILES string of the molecule is CC(C)CNC(=O)Cc1ccc2ccn(C3CCN(CCc4ccc(F)cc4)CC3)c2c1. The molecule has 2 aromatic carbocycles. The maximum atomic E-state index is 13.1. The van der Waals surface area contributed by atoms with Crippen LogP contribution in [0.4, 0.5) is 4.39 Å². The third-order valence-electron chi connectivity index (χ3n) is 6.44. The van der Waals surface area contributed by atoms with E-state index in [0.29, 0.717) is 18.4 Å². The minimum absolute atomic E-state index is 0.0885. The first-order valence-electron chi connectivity index (χ1n) is 11.8. The van der Waals surface area contributed by atoms with Crippen LogP contribution in [0.2, 0.25) is 0 Å². The van der Waals surface area contributed by atoms with Crippen molar-refractivity contribution in [1.29, 1.82) is 0 Å². The highest BCUT2D eigenvalue weighted by Gasteiger charge is 2.21. The molecule has 0 unspecified atom stereocenters. The summed E-state index contributed by atoms with van der Waals surface area (Å²) in [6, 6.07) is 15.9. The summed E-state index contributed by atoms with van der Waals surface area (Å²) < 4.78 is 15.5. The molecule has 3 aromatic rings. The van der Waals surface area contributed by atoms with E-state index in [-0.39, 0.29) is 11.7 Å². The number of amides is 1. The van der Waals surface area contributed by atoms with Crippen molar-refractivity contribution in [2.45, 2.75) is 45.6 Å². The lowest BCUT2D eigenvalue weighted by molar-refractivity contribution is -0.120. The number of fused-ring (bicyclic) bond motifs is 1. The van der Waals surface area contributed by atoms with Crippen molar-refractivity contribution in [3.63, 3.8) is 0 Å². The van der Waals surface area contributed by atoms with Crippen LogP contribution in [0.5, 0.6) is 0 Å². The molecule has 1 fully saturated rings. The molecule has 0 spiro atoms. The summed E-state index contributed by atoms with van der Waals surface area (Å²) in [7, 11) is 0. The molecule has 1 N–H and O–H groups in total. The van der Waals surface area contributed by atoms with Crippen molar-refractivity contribution in [2.75, 3.05) is 26.2 Å². The molecule has 4 nitrogen and oxygen atoms in total. The second-order valence-electron chi connectivity index (χ2n) is 9.44. The van der Waals surface area contributed by atoms with Gasteiger partial charge in [0.05, 0.1) is 6.42 Å². The van der Waals surface area contributed by atoms with Crippen molar-refractivity contribution in [1.82, 2.24) is 14.8 Å². The van der Waals surface area contributed by atoms with Crippen molar-refractivity contribution in [3.8, 4) is 0 Å². The number of nitrogens with one attached hydrogen (secondary N) is 1. The zero-order valence-corrected chi connectivity index (χ0v) is 19.2. The molecule has 2 heterocycles. The molecule has 5 heteroatoms. The summed E-state index contributed by atoms with van der Waals surface area (Å²) in [5.41, 5.74) is 3.48. The highest BCUT2D eigenvalue weighted by Crippen LogP contribution is 2.28. The highest BCUT2D eigenvalue weighted by atomic mass is 19.1. The lowest BCUT2D eigenvalue weighted by Gasteiger charge is -2.33.